The number of hydrogen-bond donors (Lipinski definition) is 1. The summed E-state index contributed by atoms with van der Waals surface area (Å²) in [5, 5.41) is 10.5. The number of aromatic nitrogens is 2. The van der Waals surface area contributed by atoms with Crippen molar-refractivity contribution in [2.24, 2.45) is 0 Å². The van der Waals surface area contributed by atoms with Crippen molar-refractivity contribution < 1.29 is 5.11 Å². The van der Waals surface area contributed by atoms with E-state index in [0.717, 1.165) is 29.0 Å². The summed E-state index contributed by atoms with van der Waals surface area (Å²) in [6.45, 7) is 2.84. The minimum Gasteiger partial charge on any atom is -0.506 e. The third-order valence-corrected chi connectivity index (χ3v) is 3.77. The molecule has 0 radical (unpaired) electrons. The second-order valence-corrected chi connectivity index (χ2v) is 5.32. The molecule has 0 amide bonds. The van der Waals surface area contributed by atoms with E-state index in [2.05, 4.69) is 16.5 Å². The molecule has 102 valence electrons. The minimum absolute atomic E-state index is 0.0672. The number of aromatic hydroxyl groups is 1. The molecule has 0 aliphatic carbocycles. The molecule has 3 nitrogen and oxygen atoms in total. The van der Waals surface area contributed by atoms with Gasteiger partial charge in [0.15, 0.2) is 0 Å². The molecule has 0 aliphatic rings. The van der Waals surface area contributed by atoms with Gasteiger partial charge in [0.2, 0.25) is 0 Å². The van der Waals surface area contributed by atoms with Crippen molar-refractivity contribution >= 4 is 34.2 Å². The molecule has 0 saturated carbocycles. The Labute approximate surface area is 126 Å². The van der Waals surface area contributed by atoms with Gasteiger partial charge in [-0.3, -0.25) is 0 Å². The summed E-state index contributed by atoms with van der Waals surface area (Å²) in [5.74, 6) is 0.879. The number of phenolic OH excluding ortho intramolecular Hbond substituents is 1. The first-order chi connectivity index (χ1) is 9.60. The summed E-state index contributed by atoms with van der Waals surface area (Å²) in [4.78, 5) is 4.62. The molecule has 2 aromatic carbocycles. The molecule has 1 N–H and O–H groups in total. The second-order valence-electron chi connectivity index (χ2n) is 4.48. The van der Waals surface area contributed by atoms with Crippen LogP contribution in [0.4, 0.5) is 0 Å². The molecular formula is C15H12Cl2N2O. The molecule has 3 rings (SSSR count). The maximum atomic E-state index is 9.52. The van der Waals surface area contributed by atoms with Crippen LogP contribution in [0.15, 0.2) is 36.4 Å². The van der Waals surface area contributed by atoms with Crippen molar-refractivity contribution in [1.82, 2.24) is 9.55 Å². The first kappa shape index (κ1) is 13.3. The van der Waals surface area contributed by atoms with Gasteiger partial charge in [-0.2, -0.15) is 0 Å². The lowest BCUT2D eigenvalue weighted by atomic mass is 10.2. The molecule has 0 fully saturated rings. The van der Waals surface area contributed by atoms with Crippen LogP contribution in [0.2, 0.25) is 10.0 Å². The van der Waals surface area contributed by atoms with Gasteiger partial charge >= 0.3 is 0 Å². The van der Waals surface area contributed by atoms with Crippen LogP contribution in [0.25, 0.3) is 22.4 Å². The fraction of sp³-hybridized carbons (Fsp3) is 0.133. The summed E-state index contributed by atoms with van der Waals surface area (Å²) in [7, 11) is 0. The third-order valence-electron chi connectivity index (χ3n) is 3.23. The van der Waals surface area contributed by atoms with Gasteiger partial charge in [0.25, 0.3) is 0 Å². The van der Waals surface area contributed by atoms with E-state index in [1.807, 2.05) is 18.2 Å². The molecule has 3 aromatic rings. The molecule has 1 heterocycles. The zero-order valence-corrected chi connectivity index (χ0v) is 12.3. The lowest BCUT2D eigenvalue weighted by Crippen LogP contribution is -1.97. The summed E-state index contributed by atoms with van der Waals surface area (Å²) in [6.07, 6.45) is 0. The van der Waals surface area contributed by atoms with Crippen molar-refractivity contribution in [2.75, 3.05) is 0 Å². The van der Waals surface area contributed by atoms with Gasteiger partial charge in [-0.25, -0.2) is 4.98 Å². The van der Waals surface area contributed by atoms with Crippen LogP contribution in [0.3, 0.4) is 0 Å². The third kappa shape index (κ3) is 2.13. The molecule has 0 unspecified atom stereocenters. The molecule has 0 aliphatic heterocycles. The molecule has 0 spiro atoms. The van der Waals surface area contributed by atoms with Gasteiger partial charge in [0.1, 0.15) is 11.6 Å². The van der Waals surface area contributed by atoms with E-state index in [4.69, 9.17) is 23.2 Å². The van der Waals surface area contributed by atoms with Gasteiger partial charge in [-0.1, -0.05) is 23.2 Å². The Morgan fingerprint density at radius 3 is 2.65 bits per heavy atom. The molecule has 0 bridgehead atoms. The minimum atomic E-state index is 0.0672. The van der Waals surface area contributed by atoms with Gasteiger partial charge in [-0.15, -0.1) is 0 Å². The van der Waals surface area contributed by atoms with Crippen LogP contribution in [0, 0.1) is 0 Å². The number of phenols is 1. The molecule has 5 heteroatoms. The van der Waals surface area contributed by atoms with E-state index in [9.17, 15) is 5.11 Å². The lowest BCUT2D eigenvalue weighted by Gasteiger charge is -2.07. The van der Waals surface area contributed by atoms with E-state index in [0.29, 0.717) is 10.0 Å². The Hall–Kier alpha value is -1.71. The van der Waals surface area contributed by atoms with Crippen LogP contribution in [0.5, 0.6) is 5.75 Å². The van der Waals surface area contributed by atoms with Crippen molar-refractivity contribution in [3.63, 3.8) is 0 Å². The number of nitrogens with zero attached hydrogens (tertiary/aromatic N) is 2. The fourth-order valence-electron chi connectivity index (χ4n) is 2.29. The normalized spacial score (nSPS) is 11.2. The zero-order chi connectivity index (χ0) is 14.3. The van der Waals surface area contributed by atoms with E-state index in [1.54, 1.807) is 18.2 Å². The molecule has 20 heavy (non-hydrogen) atoms. The van der Waals surface area contributed by atoms with Crippen molar-refractivity contribution in [2.45, 2.75) is 13.5 Å². The van der Waals surface area contributed by atoms with Crippen LogP contribution in [-0.2, 0) is 6.54 Å². The zero-order valence-electron chi connectivity index (χ0n) is 10.8. The van der Waals surface area contributed by atoms with Crippen molar-refractivity contribution in [1.29, 1.82) is 0 Å². The number of fused-ring (bicyclic) bond motifs is 1. The average Bonchev–Trinajstić information content (AvgIpc) is 2.79. The highest BCUT2D eigenvalue weighted by atomic mass is 35.5. The maximum Gasteiger partial charge on any atom is 0.141 e. The second kappa shape index (κ2) is 5.00. The molecule has 0 saturated heterocycles. The predicted octanol–water partition coefficient (Wildman–Crippen LogP) is 4.74. The first-order valence-electron chi connectivity index (χ1n) is 6.25. The topological polar surface area (TPSA) is 38.0 Å². The van der Waals surface area contributed by atoms with Crippen molar-refractivity contribution in [3.8, 4) is 17.1 Å². The quantitative estimate of drug-likeness (QED) is 0.743. The number of aryl methyl sites for hydroxylation is 1. The lowest BCUT2D eigenvalue weighted by molar-refractivity contribution is 0.475. The van der Waals surface area contributed by atoms with E-state index >= 15 is 0 Å². The van der Waals surface area contributed by atoms with E-state index in [1.165, 1.54) is 0 Å². The number of hydrogen-bond acceptors (Lipinski definition) is 2. The Balaban J connectivity index is 2.26. The number of halogens is 2. The fourth-order valence-corrected chi connectivity index (χ4v) is 2.64. The highest BCUT2D eigenvalue weighted by molar-refractivity contribution is 6.32. The maximum absolute atomic E-state index is 9.52. The first-order valence-corrected chi connectivity index (χ1v) is 7.00. The van der Waals surface area contributed by atoms with Crippen LogP contribution in [0.1, 0.15) is 6.92 Å². The van der Waals surface area contributed by atoms with Gasteiger partial charge in [0, 0.05) is 17.1 Å². The molecule has 0 atom stereocenters. The number of imidazole rings is 1. The molecular weight excluding hydrogens is 295 g/mol. The van der Waals surface area contributed by atoms with Gasteiger partial charge in [-0.05, 0) is 43.3 Å². The van der Waals surface area contributed by atoms with Crippen LogP contribution < -0.4 is 0 Å². The van der Waals surface area contributed by atoms with E-state index < -0.39 is 0 Å². The van der Waals surface area contributed by atoms with Gasteiger partial charge in [0.05, 0.1) is 16.1 Å². The Morgan fingerprint density at radius 2 is 1.95 bits per heavy atom. The summed E-state index contributed by atoms with van der Waals surface area (Å²) >= 11 is 12.0. The number of benzene rings is 2. The smallest absolute Gasteiger partial charge is 0.141 e. The Bertz CT molecular complexity index is 796. The van der Waals surface area contributed by atoms with Gasteiger partial charge < -0.3 is 9.67 Å². The van der Waals surface area contributed by atoms with Crippen molar-refractivity contribution in [3.05, 3.63) is 46.4 Å². The van der Waals surface area contributed by atoms with Crippen LogP contribution in [-0.4, -0.2) is 14.7 Å². The molecule has 1 aromatic heterocycles. The standard InChI is InChI=1S/C15H12Cl2N2O/c1-2-19-13-5-4-10(16)8-12(13)18-15(19)9-3-6-14(20)11(17)7-9/h3-8,20H,2H2,1H3. The highest BCUT2D eigenvalue weighted by Crippen LogP contribution is 2.31. The highest BCUT2D eigenvalue weighted by Gasteiger charge is 2.13. The summed E-state index contributed by atoms with van der Waals surface area (Å²) in [5.41, 5.74) is 2.73. The summed E-state index contributed by atoms with van der Waals surface area (Å²) in [6, 6.07) is 10.7. The largest absolute Gasteiger partial charge is 0.506 e. The monoisotopic (exact) mass is 306 g/mol. The van der Waals surface area contributed by atoms with E-state index in [-0.39, 0.29) is 5.75 Å². The average molecular weight is 307 g/mol. The Kier molecular flexibility index (Phi) is 3.32. The SMILES string of the molecule is CCn1c(-c2ccc(O)c(Cl)c2)nc2cc(Cl)ccc21. The number of rotatable bonds is 2. The van der Waals surface area contributed by atoms with Crippen LogP contribution >= 0.6 is 23.2 Å². The Morgan fingerprint density at radius 1 is 1.15 bits per heavy atom. The predicted molar refractivity (Wildman–Crippen MR) is 82.5 cm³/mol. The summed E-state index contributed by atoms with van der Waals surface area (Å²) < 4.78 is 2.09.